The van der Waals surface area contributed by atoms with E-state index < -0.39 is 15.8 Å². The summed E-state index contributed by atoms with van der Waals surface area (Å²) in [5.74, 6) is -0.572. The van der Waals surface area contributed by atoms with Gasteiger partial charge in [0.2, 0.25) is 5.91 Å². The molecular weight excluding hydrogens is 443 g/mol. The van der Waals surface area contributed by atoms with Gasteiger partial charge >= 0.3 is 0 Å². The van der Waals surface area contributed by atoms with Gasteiger partial charge in [-0.05, 0) is 54.3 Å². The van der Waals surface area contributed by atoms with E-state index in [0.717, 1.165) is 11.8 Å². The van der Waals surface area contributed by atoms with Gasteiger partial charge < -0.3 is 5.32 Å². The van der Waals surface area contributed by atoms with Crippen molar-refractivity contribution in [1.29, 1.82) is 0 Å². The molecule has 7 nitrogen and oxygen atoms in total. The number of amides is 1. The first-order valence-corrected chi connectivity index (χ1v) is 11.8. The summed E-state index contributed by atoms with van der Waals surface area (Å²) >= 11 is 0. The molecule has 4 aromatic rings. The van der Waals surface area contributed by atoms with Gasteiger partial charge in [0.15, 0.2) is 0 Å². The lowest BCUT2D eigenvalue weighted by molar-refractivity contribution is -0.117. The average molecular weight is 463 g/mol. The standard InChI is InChI=1S/C24H19FN4O3S/c25-22-14-26-13-16-4-7-17(11-20(16)22)28-24(30)21-12-19(21)15-5-8-18(9-6-15)33(31,32)29-23-3-1-2-10-27-23/h1-11,13-14,19,21H,12H2,(H,27,29)(H,28,30)/t19?,21-/m1/s1. The molecule has 2 heterocycles. The van der Waals surface area contributed by atoms with Crippen molar-refractivity contribution in [3.8, 4) is 0 Å². The summed E-state index contributed by atoms with van der Waals surface area (Å²) in [6, 6.07) is 16.5. The number of halogens is 1. The highest BCUT2D eigenvalue weighted by atomic mass is 32.2. The van der Waals surface area contributed by atoms with Gasteiger partial charge in [0.25, 0.3) is 10.0 Å². The lowest BCUT2D eigenvalue weighted by Gasteiger charge is -2.09. The van der Waals surface area contributed by atoms with Crippen LogP contribution >= 0.6 is 0 Å². The third-order valence-corrected chi connectivity index (χ3v) is 7.00. The fraction of sp³-hybridized carbons (Fsp3) is 0.125. The maximum Gasteiger partial charge on any atom is 0.263 e. The van der Waals surface area contributed by atoms with Crippen molar-refractivity contribution in [1.82, 2.24) is 9.97 Å². The van der Waals surface area contributed by atoms with Crippen LogP contribution in [0.2, 0.25) is 0 Å². The fourth-order valence-corrected chi connectivity index (χ4v) is 4.82. The predicted molar refractivity (Wildman–Crippen MR) is 123 cm³/mol. The Morgan fingerprint density at radius 2 is 1.85 bits per heavy atom. The highest BCUT2D eigenvalue weighted by molar-refractivity contribution is 7.92. The smallest absolute Gasteiger partial charge is 0.263 e. The summed E-state index contributed by atoms with van der Waals surface area (Å²) in [6.07, 6.45) is 4.87. The Kier molecular flexibility index (Phi) is 5.26. The van der Waals surface area contributed by atoms with Crippen molar-refractivity contribution in [2.24, 2.45) is 5.92 Å². The molecule has 1 amide bonds. The van der Waals surface area contributed by atoms with Crippen LogP contribution in [0.4, 0.5) is 15.9 Å². The zero-order valence-electron chi connectivity index (χ0n) is 17.3. The highest BCUT2D eigenvalue weighted by Gasteiger charge is 2.44. The van der Waals surface area contributed by atoms with E-state index in [1.54, 1.807) is 54.7 Å². The number of nitrogens with one attached hydrogen (secondary N) is 2. The molecule has 5 rings (SSSR count). The van der Waals surface area contributed by atoms with Crippen LogP contribution in [-0.4, -0.2) is 24.3 Å². The van der Waals surface area contributed by atoms with Crippen molar-refractivity contribution in [3.05, 3.63) is 90.6 Å². The van der Waals surface area contributed by atoms with E-state index in [0.29, 0.717) is 22.9 Å². The first-order chi connectivity index (χ1) is 15.9. The van der Waals surface area contributed by atoms with Crippen LogP contribution in [0, 0.1) is 11.7 Å². The molecule has 1 saturated carbocycles. The monoisotopic (exact) mass is 462 g/mol. The van der Waals surface area contributed by atoms with Gasteiger partial charge in [0.1, 0.15) is 11.6 Å². The number of anilines is 2. The van der Waals surface area contributed by atoms with E-state index in [9.17, 15) is 17.6 Å². The zero-order valence-corrected chi connectivity index (χ0v) is 18.1. The largest absolute Gasteiger partial charge is 0.326 e. The molecule has 9 heteroatoms. The number of nitrogens with zero attached hydrogens (tertiary/aromatic N) is 2. The second kappa shape index (κ2) is 8.25. The number of carbonyl (C=O) groups is 1. The molecule has 0 spiro atoms. The minimum Gasteiger partial charge on any atom is -0.326 e. The molecule has 2 aromatic carbocycles. The second-order valence-electron chi connectivity index (χ2n) is 7.88. The molecule has 33 heavy (non-hydrogen) atoms. The molecule has 0 radical (unpaired) electrons. The lowest BCUT2D eigenvalue weighted by Crippen LogP contribution is -2.15. The maximum absolute atomic E-state index is 14.0. The van der Waals surface area contributed by atoms with Crippen LogP contribution in [0.25, 0.3) is 10.8 Å². The van der Waals surface area contributed by atoms with Gasteiger partial charge in [-0.1, -0.05) is 24.3 Å². The van der Waals surface area contributed by atoms with Crippen LogP contribution in [0.1, 0.15) is 17.9 Å². The zero-order chi connectivity index (χ0) is 23.0. The van der Waals surface area contributed by atoms with Crippen molar-refractivity contribution < 1.29 is 17.6 Å². The topological polar surface area (TPSA) is 101 Å². The summed E-state index contributed by atoms with van der Waals surface area (Å²) in [6.45, 7) is 0. The third kappa shape index (κ3) is 4.40. The minimum absolute atomic E-state index is 0.00638. The van der Waals surface area contributed by atoms with Crippen LogP contribution in [0.15, 0.2) is 84.1 Å². The van der Waals surface area contributed by atoms with E-state index in [4.69, 9.17) is 0 Å². The highest BCUT2D eigenvalue weighted by Crippen LogP contribution is 2.48. The molecular formula is C24H19FN4O3S. The number of fused-ring (bicyclic) bond motifs is 1. The summed E-state index contributed by atoms with van der Waals surface area (Å²) in [4.78, 5) is 20.6. The van der Waals surface area contributed by atoms with Crippen molar-refractivity contribution in [2.75, 3.05) is 10.0 Å². The van der Waals surface area contributed by atoms with Gasteiger partial charge in [-0.25, -0.2) is 17.8 Å². The van der Waals surface area contributed by atoms with Gasteiger partial charge in [0.05, 0.1) is 11.1 Å². The molecule has 0 saturated heterocycles. The molecule has 1 fully saturated rings. The molecule has 0 aliphatic heterocycles. The quantitative estimate of drug-likeness (QED) is 0.445. The van der Waals surface area contributed by atoms with Crippen molar-refractivity contribution >= 4 is 38.2 Å². The Labute approximate surface area is 189 Å². The van der Waals surface area contributed by atoms with Gasteiger partial charge in [-0.3, -0.25) is 14.5 Å². The number of carbonyl (C=O) groups excluding carboxylic acids is 1. The van der Waals surface area contributed by atoms with E-state index in [-0.39, 0.29) is 28.5 Å². The van der Waals surface area contributed by atoms with E-state index in [2.05, 4.69) is 20.0 Å². The molecule has 2 atom stereocenters. The Morgan fingerprint density at radius 1 is 1.03 bits per heavy atom. The summed E-state index contributed by atoms with van der Waals surface area (Å²) in [5.41, 5.74) is 1.41. The number of hydrogen-bond acceptors (Lipinski definition) is 5. The van der Waals surface area contributed by atoms with Gasteiger partial charge in [-0.15, -0.1) is 0 Å². The summed E-state index contributed by atoms with van der Waals surface area (Å²) < 4.78 is 41.5. The number of benzene rings is 2. The third-order valence-electron chi connectivity index (χ3n) is 5.63. The Balaban J connectivity index is 1.25. The Bertz CT molecular complexity index is 1440. The summed E-state index contributed by atoms with van der Waals surface area (Å²) in [7, 11) is -3.75. The average Bonchev–Trinajstić information content (AvgIpc) is 3.61. The normalized spacial score (nSPS) is 17.5. The molecule has 0 bridgehead atoms. The number of rotatable bonds is 6. The van der Waals surface area contributed by atoms with Gasteiger partial charge in [-0.2, -0.15) is 0 Å². The van der Waals surface area contributed by atoms with Gasteiger partial charge in [0, 0.05) is 34.8 Å². The molecule has 1 aliphatic carbocycles. The number of hydrogen-bond donors (Lipinski definition) is 2. The first kappa shape index (κ1) is 21.0. The summed E-state index contributed by atoms with van der Waals surface area (Å²) in [5, 5.41) is 3.90. The molecule has 2 N–H and O–H groups in total. The fourth-order valence-electron chi connectivity index (χ4n) is 3.81. The van der Waals surface area contributed by atoms with E-state index in [1.165, 1.54) is 18.3 Å². The van der Waals surface area contributed by atoms with Crippen LogP contribution in [-0.2, 0) is 14.8 Å². The number of pyridine rings is 2. The SMILES string of the molecule is O=C(Nc1ccc2cncc(F)c2c1)[C@@H]1CC1c1ccc(S(=O)(=O)Nc2ccccn2)cc1. The second-order valence-corrected chi connectivity index (χ2v) is 9.57. The van der Waals surface area contributed by atoms with E-state index in [1.807, 2.05) is 0 Å². The number of sulfonamides is 1. The molecule has 166 valence electrons. The maximum atomic E-state index is 14.0. The number of aromatic nitrogens is 2. The minimum atomic E-state index is -3.75. The lowest BCUT2D eigenvalue weighted by atomic mass is 10.1. The van der Waals surface area contributed by atoms with Crippen LogP contribution in [0.5, 0.6) is 0 Å². The molecule has 1 unspecified atom stereocenters. The van der Waals surface area contributed by atoms with Crippen molar-refractivity contribution in [2.45, 2.75) is 17.2 Å². The Morgan fingerprint density at radius 3 is 2.61 bits per heavy atom. The van der Waals surface area contributed by atoms with Crippen LogP contribution < -0.4 is 10.0 Å². The first-order valence-electron chi connectivity index (χ1n) is 10.3. The predicted octanol–water partition coefficient (Wildman–Crippen LogP) is 4.31. The van der Waals surface area contributed by atoms with E-state index >= 15 is 0 Å². The molecule has 2 aromatic heterocycles. The van der Waals surface area contributed by atoms with Crippen LogP contribution in [0.3, 0.4) is 0 Å². The van der Waals surface area contributed by atoms with Crippen molar-refractivity contribution in [3.63, 3.8) is 0 Å². The molecule has 1 aliphatic rings. The Hall–Kier alpha value is -3.85.